The molecule has 286 valence electrons. The molecule has 54 heavy (non-hydrogen) atoms. The van der Waals surface area contributed by atoms with E-state index in [0.29, 0.717) is 19.0 Å². The Labute approximate surface area is 322 Å². The summed E-state index contributed by atoms with van der Waals surface area (Å²) < 4.78 is 33.0. The minimum Gasteiger partial charge on any atom is -0.491 e. The van der Waals surface area contributed by atoms with Gasteiger partial charge in [-0.1, -0.05) is 38.5 Å². The minimum absolute atomic E-state index is 0.438. The number of hydrogen-bond acceptors (Lipinski definition) is 8. The van der Waals surface area contributed by atoms with E-state index in [1.54, 1.807) is 0 Å². The van der Waals surface area contributed by atoms with Crippen molar-refractivity contribution in [3.05, 3.63) is 89.8 Å². The highest BCUT2D eigenvalue weighted by atomic mass is 32.2. The highest BCUT2D eigenvalue weighted by molar-refractivity contribution is 7.84. The number of rotatable bonds is 16. The average Bonchev–Trinajstić information content (AvgIpc) is 3.77. The molecular weight excluding hydrogens is 697 g/mol. The van der Waals surface area contributed by atoms with E-state index in [1.165, 1.54) is 16.8 Å². The van der Waals surface area contributed by atoms with Crippen LogP contribution in [0.4, 0.5) is 5.69 Å². The lowest BCUT2D eigenvalue weighted by molar-refractivity contribution is 0.0379. The number of anilines is 1. The van der Waals surface area contributed by atoms with Gasteiger partial charge in [-0.2, -0.15) is 0 Å². The first-order chi connectivity index (χ1) is 26.5. The third kappa shape index (κ3) is 9.32. The molecular formula is C43H54N6O4S. The summed E-state index contributed by atoms with van der Waals surface area (Å²) in [6.45, 7) is 14.3. The molecule has 0 amide bonds. The van der Waals surface area contributed by atoms with Crippen LogP contribution in [0.15, 0.2) is 71.9 Å². The Morgan fingerprint density at radius 2 is 1.76 bits per heavy atom. The van der Waals surface area contributed by atoms with Crippen LogP contribution in [0.2, 0.25) is 0 Å². The highest BCUT2D eigenvalue weighted by Crippen LogP contribution is 2.35. The second-order valence-corrected chi connectivity index (χ2v) is 15.7. The van der Waals surface area contributed by atoms with Gasteiger partial charge in [-0.05, 0) is 103 Å². The van der Waals surface area contributed by atoms with Crippen molar-refractivity contribution < 1.29 is 18.4 Å². The first-order valence-corrected chi connectivity index (χ1v) is 20.9. The van der Waals surface area contributed by atoms with Crippen molar-refractivity contribution in [2.24, 2.45) is 0 Å². The molecule has 7 rings (SSSR count). The quantitative estimate of drug-likeness (QED) is 0.101. The first kappa shape index (κ1) is 38.0. The van der Waals surface area contributed by atoms with Crippen LogP contribution in [0.1, 0.15) is 68.7 Å². The van der Waals surface area contributed by atoms with Crippen molar-refractivity contribution in [2.45, 2.75) is 70.1 Å². The Balaban J connectivity index is 1.15. The fourth-order valence-electron chi connectivity index (χ4n) is 7.23. The number of imidazole rings is 2. The van der Waals surface area contributed by atoms with E-state index in [1.807, 2.05) is 43.6 Å². The summed E-state index contributed by atoms with van der Waals surface area (Å²) >= 11 is 0. The zero-order valence-corrected chi connectivity index (χ0v) is 32.8. The number of aromatic amines is 1. The van der Waals surface area contributed by atoms with Crippen LogP contribution in [0.3, 0.4) is 0 Å². The third-order valence-corrected chi connectivity index (χ3v) is 11.6. The van der Waals surface area contributed by atoms with E-state index in [9.17, 15) is 4.21 Å². The van der Waals surface area contributed by atoms with Crippen LogP contribution in [0.5, 0.6) is 5.75 Å². The van der Waals surface area contributed by atoms with Crippen molar-refractivity contribution in [2.75, 3.05) is 64.2 Å². The summed E-state index contributed by atoms with van der Waals surface area (Å²) in [5.41, 5.74) is 9.59. The van der Waals surface area contributed by atoms with Crippen molar-refractivity contribution in [1.29, 1.82) is 0 Å². The van der Waals surface area contributed by atoms with E-state index in [2.05, 4.69) is 74.6 Å². The van der Waals surface area contributed by atoms with Crippen LogP contribution in [0.25, 0.3) is 33.8 Å². The number of allylic oxidation sites excluding steroid dienone is 1. The molecule has 0 saturated carbocycles. The number of benzene rings is 3. The predicted molar refractivity (Wildman–Crippen MR) is 218 cm³/mol. The Hall–Kier alpha value is -4.29. The average molecular weight is 751 g/mol. The fourth-order valence-corrected chi connectivity index (χ4v) is 8.48. The van der Waals surface area contributed by atoms with Gasteiger partial charge in [0.15, 0.2) is 0 Å². The van der Waals surface area contributed by atoms with E-state index < -0.39 is 10.8 Å². The molecule has 4 heterocycles. The van der Waals surface area contributed by atoms with Crippen LogP contribution < -0.4 is 9.64 Å². The second kappa shape index (κ2) is 18.4. The Kier molecular flexibility index (Phi) is 12.9. The van der Waals surface area contributed by atoms with Gasteiger partial charge in [0.1, 0.15) is 18.2 Å². The third-order valence-electron chi connectivity index (χ3n) is 10.3. The molecule has 0 unspecified atom stereocenters. The molecule has 1 N–H and O–H groups in total. The van der Waals surface area contributed by atoms with Crippen molar-refractivity contribution in [3.8, 4) is 16.9 Å². The van der Waals surface area contributed by atoms with Gasteiger partial charge in [-0.15, -0.1) is 0 Å². The van der Waals surface area contributed by atoms with Gasteiger partial charge < -0.3 is 28.7 Å². The molecule has 0 spiro atoms. The van der Waals surface area contributed by atoms with Gasteiger partial charge in [0, 0.05) is 43.4 Å². The van der Waals surface area contributed by atoms with Gasteiger partial charge in [0.05, 0.1) is 71.8 Å². The lowest BCUT2D eigenvalue weighted by atomic mass is 9.96. The Bertz CT molecular complexity index is 2050. The topological polar surface area (TPSA) is 97.7 Å². The molecule has 1 atom stereocenters. The molecule has 2 aromatic heterocycles. The second-order valence-electron chi connectivity index (χ2n) is 14.2. The number of nitrogens with zero attached hydrogens (tertiary/aromatic N) is 5. The number of aryl methyl sites for hydroxylation is 2. The maximum absolute atomic E-state index is 13.6. The van der Waals surface area contributed by atoms with E-state index in [-0.39, 0.29) is 0 Å². The molecule has 1 fully saturated rings. The van der Waals surface area contributed by atoms with Crippen molar-refractivity contribution >= 4 is 39.2 Å². The summed E-state index contributed by atoms with van der Waals surface area (Å²) in [4.78, 5) is 19.0. The molecule has 11 heteroatoms. The maximum atomic E-state index is 13.6. The predicted octanol–water partition coefficient (Wildman–Crippen LogP) is 8.08. The van der Waals surface area contributed by atoms with E-state index >= 15 is 0 Å². The first-order valence-electron chi connectivity index (χ1n) is 19.6. The summed E-state index contributed by atoms with van der Waals surface area (Å²) in [5, 5.41) is 0. The lowest BCUT2D eigenvalue weighted by Crippen LogP contribution is -2.44. The number of unbranched alkanes of at least 4 members (excludes halogenated alkanes) is 1. The summed E-state index contributed by atoms with van der Waals surface area (Å²) in [5.74, 6) is 2.15. The summed E-state index contributed by atoms with van der Waals surface area (Å²) in [7, 11) is -1.21. The lowest BCUT2D eigenvalue weighted by Gasteiger charge is -2.36. The Morgan fingerprint density at radius 3 is 2.57 bits per heavy atom. The summed E-state index contributed by atoms with van der Waals surface area (Å²) in [6, 6.07) is 21.1. The number of fused-ring (bicyclic) bond motifs is 2. The van der Waals surface area contributed by atoms with Crippen LogP contribution in [-0.4, -0.2) is 88.0 Å². The molecule has 1 saturated heterocycles. The molecule has 0 bridgehead atoms. The number of nitrogens with one attached hydrogen (secondary N) is 1. The van der Waals surface area contributed by atoms with E-state index in [4.69, 9.17) is 19.2 Å². The molecule has 0 aliphatic carbocycles. The van der Waals surface area contributed by atoms with Crippen molar-refractivity contribution in [1.82, 2.24) is 24.4 Å². The maximum Gasteiger partial charge on any atom is 0.134 e. The number of morpholine rings is 1. The molecule has 3 aromatic carbocycles. The van der Waals surface area contributed by atoms with Crippen molar-refractivity contribution in [3.63, 3.8) is 0 Å². The van der Waals surface area contributed by atoms with Gasteiger partial charge in [0.2, 0.25) is 0 Å². The molecule has 2 aliphatic heterocycles. The molecule has 5 aromatic rings. The smallest absolute Gasteiger partial charge is 0.134 e. The molecule has 10 nitrogen and oxygen atoms in total. The van der Waals surface area contributed by atoms with Gasteiger partial charge in [-0.3, -0.25) is 9.11 Å². The summed E-state index contributed by atoms with van der Waals surface area (Å²) in [6.07, 6.45) is 9.27. The minimum atomic E-state index is -1.21. The van der Waals surface area contributed by atoms with Crippen LogP contribution in [-0.2, 0) is 32.6 Å². The van der Waals surface area contributed by atoms with Crippen LogP contribution in [0, 0.1) is 6.92 Å². The number of aromatic nitrogens is 4. The largest absolute Gasteiger partial charge is 0.491 e. The van der Waals surface area contributed by atoms with Gasteiger partial charge in [0.25, 0.3) is 0 Å². The SMILES string of the molecule is CCCCOCCOc1ccc(-c2ccc3c(c2)/C=C(/c2nc4ccc([S@@](=O)Cc5c(C)ncn5CCC)cc4[nH]2)CCCN3CN2CCOCC2)cc1. The molecule has 2 aliphatic rings. The zero-order chi connectivity index (χ0) is 37.3. The van der Waals surface area contributed by atoms with Crippen LogP contribution >= 0.6 is 0 Å². The Morgan fingerprint density at radius 1 is 0.926 bits per heavy atom. The highest BCUT2D eigenvalue weighted by Gasteiger charge is 2.21. The number of ether oxygens (including phenoxy) is 3. The normalized spacial score (nSPS) is 16.8. The number of H-pyrrole nitrogens is 1. The monoisotopic (exact) mass is 750 g/mol. The van der Waals surface area contributed by atoms with Gasteiger partial charge >= 0.3 is 0 Å². The van der Waals surface area contributed by atoms with Gasteiger partial charge in [-0.25, -0.2) is 9.97 Å². The zero-order valence-electron chi connectivity index (χ0n) is 32.0. The fraction of sp³-hybridized carbons (Fsp3) is 0.442. The standard InChI is InChI=1S/C43H54N6O4S/c1-4-6-21-51-24-25-53-37-12-9-33(10-13-37)34-11-16-41-36(26-34)27-35(8-7-18-49(41)31-47-19-22-52-23-20-47)43-45-39-15-14-38(28-40(39)46-43)54(50)29-42-32(3)44-30-48(42)17-5-2/h9-16,26-28,30H,4-8,17-25,29,31H2,1-3H3,(H,45,46)/b35-27+/t54-/m0/s1. The van der Waals surface area contributed by atoms with E-state index in [0.717, 1.165) is 135 Å². The molecule has 0 radical (unpaired) electrons. The number of hydrogen-bond donors (Lipinski definition) is 1.